The van der Waals surface area contributed by atoms with E-state index in [-0.39, 0.29) is 11.3 Å². The van der Waals surface area contributed by atoms with Crippen molar-refractivity contribution in [3.05, 3.63) is 23.3 Å². The maximum atomic E-state index is 10.6. The van der Waals surface area contributed by atoms with Gasteiger partial charge in [-0.05, 0) is 33.1 Å². The molecule has 1 rings (SSSR count). The molecule has 0 saturated heterocycles. The predicted molar refractivity (Wildman–Crippen MR) is 64.7 cm³/mol. The Morgan fingerprint density at radius 1 is 1.40 bits per heavy atom. The largest absolute Gasteiger partial charge is 0.303 e. The Labute approximate surface area is 93.3 Å². The third-order valence-electron chi connectivity index (χ3n) is 3.73. The fraction of sp³-hybridized carbons (Fsp3) is 0.643. The molecule has 1 aliphatic carbocycles. The molecular weight excluding hydrogens is 184 g/mol. The van der Waals surface area contributed by atoms with E-state index in [2.05, 4.69) is 26.8 Å². The van der Waals surface area contributed by atoms with E-state index >= 15 is 0 Å². The molecule has 1 aliphatic rings. The van der Waals surface area contributed by atoms with Gasteiger partial charge in [0.1, 0.15) is 6.29 Å². The highest BCUT2D eigenvalue weighted by Gasteiger charge is 2.27. The van der Waals surface area contributed by atoms with Gasteiger partial charge in [-0.1, -0.05) is 37.1 Å². The van der Waals surface area contributed by atoms with Gasteiger partial charge in [0.05, 0.1) is 0 Å². The van der Waals surface area contributed by atoms with E-state index in [1.165, 1.54) is 30.4 Å². The summed E-state index contributed by atoms with van der Waals surface area (Å²) in [7, 11) is 0. The van der Waals surface area contributed by atoms with E-state index in [0.717, 1.165) is 6.29 Å². The zero-order valence-electron chi connectivity index (χ0n) is 10.3. The lowest BCUT2D eigenvalue weighted by atomic mass is 9.71. The van der Waals surface area contributed by atoms with Crippen LogP contribution < -0.4 is 0 Å². The maximum absolute atomic E-state index is 10.6. The molecule has 2 atom stereocenters. The van der Waals surface area contributed by atoms with Gasteiger partial charge in [-0.25, -0.2) is 0 Å². The average Bonchev–Trinajstić information content (AvgIpc) is 2.23. The van der Waals surface area contributed by atoms with Crippen molar-refractivity contribution >= 4 is 6.29 Å². The third-order valence-corrected chi connectivity index (χ3v) is 3.73. The number of allylic oxidation sites excluding steroid dienone is 4. The summed E-state index contributed by atoms with van der Waals surface area (Å²) in [5, 5.41) is 0. The smallest absolute Gasteiger partial charge is 0.126 e. The Balaban J connectivity index is 2.87. The van der Waals surface area contributed by atoms with Crippen molar-refractivity contribution in [2.45, 2.75) is 47.0 Å². The minimum atomic E-state index is 0.0388. The van der Waals surface area contributed by atoms with Crippen LogP contribution in [-0.2, 0) is 4.79 Å². The standard InChI is InChI=1S/C14H22O/c1-11(10-15)7-9-14(4)8-5-6-12(2)13(14)3/h7,9-11H,5-6,8H2,1-4H3. The van der Waals surface area contributed by atoms with E-state index < -0.39 is 0 Å². The quantitative estimate of drug-likeness (QED) is 0.505. The molecule has 0 aromatic carbocycles. The molecule has 0 fully saturated rings. The highest BCUT2D eigenvalue weighted by Crippen LogP contribution is 2.41. The van der Waals surface area contributed by atoms with Crippen LogP contribution in [0.5, 0.6) is 0 Å². The molecule has 0 spiro atoms. The second-order valence-electron chi connectivity index (χ2n) is 5.03. The summed E-state index contributed by atoms with van der Waals surface area (Å²) in [5.41, 5.74) is 3.19. The van der Waals surface area contributed by atoms with Gasteiger partial charge < -0.3 is 4.79 Å². The van der Waals surface area contributed by atoms with Crippen molar-refractivity contribution in [3.8, 4) is 0 Å². The highest BCUT2D eigenvalue weighted by atomic mass is 16.1. The van der Waals surface area contributed by atoms with Crippen LogP contribution in [0.3, 0.4) is 0 Å². The molecule has 0 aromatic heterocycles. The molecule has 2 unspecified atom stereocenters. The molecule has 0 N–H and O–H groups in total. The second-order valence-corrected chi connectivity index (χ2v) is 5.03. The molecule has 15 heavy (non-hydrogen) atoms. The number of aldehydes is 1. The Morgan fingerprint density at radius 3 is 2.67 bits per heavy atom. The lowest BCUT2D eigenvalue weighted by Crippen LogP contribution is -2.20. The van der Waals surface area contributed by atoms with Crippen LogP contribution in [0.25, 0.3) is 0 Å². The fourth-order valence-electron chi connectivity index (χ4n) is 2.20. The Hall–Kier alpha value is -0.850. The van der Waals surface area contributed by atoms with Crippen LogP contribution in [-0.4, -0.2) is 6.29 Å². The first-order valence-corrected chi connectivity index (χ1v) is 5.81. The average molecular weight is 206 g/mol. The molecule has 0 radical (unpaired) electrons. The predicted octanol–water partition coefficient (Wildman–Crippen LogP) is 3.90. The molecule has 0 bridgehead atoms. The molecule has 0 saturated carbocycles. The number of hydrogen-bond acceptors (Lipinski definition) is 1. The normalized spacial score (nSPS) is 29.6. The van der Waals surface area contributed by atoms with Gasteiger partial charge >= 0.3 is 0 Å². The Bertz CT molecular complexity index is 298. The number of hydrogen-bond donors (Lipinski definition) is 0. The van der Waals surface area contributed by atoms with E-state index in [0.29, 0.717) is 0 Å². The Morgan fingerprint density at radius 2 is 2.07 bits per heavy atom. The summed E-state index contributed by atoms with van der Waals surface area (Å²) < 4.78 is 0. The van der Waals surface area contributed by atoms with E-state index in [9.17, 15) is 4.79 Å². The second kappa shape index (κ2) is 4.78. The summed E-state index contributed by atoms with van der Waals surface area (Å²) in [6.07, 6.45) is 8.96. The molecule has 0 heterocycles. The first-order chi connectivity index (χ1) is 6.99. The van der Waals surface area contributed by atoms with Gasteiger partial charge in [-0.3, -0.25) is 0 Å². The molecule has 0 aromatic rings. The van der Waals surface area contributed by atoms with Crippen LogP contribution in [0.4, 0.5) is 0 Å². The van der Waals surface area contributed by atoms with Gasteiger partial charge in [-0.2, -0.15) is 0 Å². The zero-order chi connectivity index (χ0) is 11.5. The van der Waals surface area contributed by atoms with Crippen LogP contribution >= 0.6 is 0 Å². The topological polar surface area (TPSA) is 17.1 Å². The van der Waals surface area contributed by atoms with E-state index in [4.69, 9.17) is 0 Å². The summed E-state index contributed by atoms with van der Waals surface area (Å²) in [6.45, 7) is 8.66. The van der Waals surface area contributed by atoms with Gasteiger partial charge in [0.2, 0.25) is 0 Å². The molecule has 0 aliphatic heterocycles. The first kappa shape index (κ1) is 12.2. The van der Waals surface area contributed by atoms with Gasteiger partial charge in [0.25, 0.3) is 0 Å². The lowest BCUT2D eigenvalue weighted by molar-refractivity contribution is -0.109. The molecule has 1 heteroatoms. The van der Waals surface area contributed by atoms with Crippen molar-refractivity contribution in [3.63, 3.8) is 0 Å². The monoisotopic (exact) mass is 206 g/mol. The third kappa shape index (κ3) is 2.80. The molecule has 0 amide bonds. The fourth-order valence-corrected chi connectivity index (χ4v) is 2.20. The van der Waals surface area contributed by atoms with Gasteiger partial charge in [0.15, 0.2) is 0 Å². The minimum Gasteiger partial charge on any atom is -0.303 e. The lowest BCUT2D eigenvalue weighted by Gasteiger charge is -2.33. The number of rotatable bonds is 3. The van der Waals surface area contributed by atoms with Crippen molar-refractivity contribution in [2.75, 3.05) is 0 Å². The maximum Gasteiger partial charge on any atom is 0.126 e. The Kier molecular flexibility index (Phi) is 3.90. The highest BCUT2D eigenvalue weighted by molar-refractivity contribution is 5.55. The number of carbonyl (C=O) groups excluding carboxylic acids is 1. The van der Waals surface area contributed by atoms with Crippen LogP contribution in [0.2, 0.25) is 0 Å². The van der Waals surface area contributed by atoms with Crippen LogP contribution in [0, 0.1) is 11.3 Å². The summed E-state index contributed by atoms with van der Waals surface area (Å²) in [6, 6.07) is 0. The van der Waals surface area contributed by atoms with Crippen molar-refractivity contribution < 1.29 is 4.79 Å². The zero-order valence-corrected chi connectivity index (χ0v) is 10.3. The van der Waals surface area contributed by atoms with Crippen molar-refractivity contribution in [1.82, 2.24) is 0 Å². The first-order valence-electron chi connectivity index (χ1n) is 5.81. The molecular formula is C14H22O. The summed E-state index contributed by atoms with van der Waals surface area (Å²) >= 11 is 0. The summed E-state index contributed by atoms with van der Waals surface area (Å²) in [5.74, 6) is 0.0388. The minimum absolute atomic E-state index is 0.0388. The van der Waals surface area contributed by atoms with Gasteiger partial charge in [0, 0.05) is 11.3 Å². The van der Waals surface area contributed by atoms with E-state index in [1.54, 1.807) is 0 Å². The van der Waals surface area contributed by atoms with Crippen LogP contribution in [0.15, 0.2) is 23.3 Å². The summed E-state index contributed by atoms with van der Waals surface area (Å²) in [4.78, 5) is 10.6. The number of carbonyl (C=O) groups is 1. The van der Waals surface area contributed by atoms with E-state index in [1.807, 2.05) is 13.0 Å². The SMILES string of the molecule is CC1=C(C)C(C)(C=CC(C)C=O)CCC1. The van der Waals surface area contributed by atoms with Crippen molar-refractivity contribution in [1.29, 1.82) is 0 Å². The molecule has 1 nitrogen and oxygen atoms in total. The van der Waals surface area contributed by atoms with Crippen molar-refractivity contribution in [2.24, 2.45) is 11.3 Å². The van der Waals surface area contributed by atoms with Crippen LogP contribution in [0.1, 0.15) is 47.0 Å². The van der Waals surface area contributed by atoms with Gasteiger partial charge in [-0.15, -0.1) is 0 Å². The molecule has 84 valence electrons.